The van der Waals surface area contributed by atoms with Gasteiger partial charge in [0.05, 0.1) is 17.8 Å². The Morgan fingerprint density at radius 1 is 0.833 bits per heavy atom. The van der Waals surface area contributed by atoms with Crippen molar-refractivity contribution in [2.45, 2.75) is 31.1 Å². The Hall–Kier alpha value is -4.47. The third-order valence-corrected chi connectivity index (χ3v) is 7.84. The summed E-state index contributed by atoms with van der Waals surface area (Å²) in [6.45, 7) is 0.211. The number of oxazole rings is 2. The number of hydrogen-bond acceptors (Lipinski definition) is 8. The molecule has 214 valence electrons. The average Bonchev–Trinajstić information content (AvgIpc) is 3.25. The number of ether oxygens (including phenoxy) is 2. The number of benzene rings is 3. The summed E-state index contributed by atoms with van der Waals surface area (Å²) in [4.78, 5) is 20.9. The van der Waals surface area contributed by atoms with Gasteiger partial charge in [-0.3, -0.25) is 10.1 Å². The second-order valence-corrected chi connectivity index (χ2v) is 10.8. The molecular formula is C31H26Cl2N4O5. The van der Waals surface area contributed by atoms with E-state index in [4.69, 9.17) is 47.2 Å². The van der Waals surface area contributed by atoms with E-state index >= 15 is 0 Å². The number of halogens is 2. The molecule has 1 aliphatic carbocycles. The van der Waals surface area contributed by atoms with Gasteiger partial charge in [0.2, 0.25) is 12.7 Å². The summed E-state index contributed by atoms with van der Waals surface area (Å²) in [5, 5.41) is 4.21. The van der Waals surface area contributed by atoms with Gasteiger partial charge in [0, 0.05) is 22.9 Å². The number of nitrogens with zero attached hydrogens (tertiary/aromatic N) is 2. The van der Waals surface area contributed by atoms with E-state index in [1.807, 2.05) is 66.7 Å². The van der Waals surface area contributed by atoms with Crippen molar-refractivity contribution < 1.29 is 23.1 Å². The second kappa shape index (κ2) is 11.8. The first-order valence-corrected chi connectivity index (χ1v) is 14.0. The fourth-order valence-electron chi connectivity index (χ4n) is 4.69. The minimum atomic E-state index is -0.571. The highest BCUT2D eigenvalue weighted by Crippen LogP contribution is 2.51. The fraction of sp³-hybridized carbons (Fsp3) is 0.194. The Morgan fingerprint density at radius 2 is 1.45 bits per heavy atom. The number of hydrogen-bond donors (Lipinski definition) is 2. The third-order valence-electron chi connectivity index (χ3n) is 7.10. The molecule has 9 nitrogen and oxygen atoms in total. The Morgan fingerprint density at radius 3 is 2.07 bits per heavy atom. The van der Waals surface area contributed by atoms with Crippen LogP contribution in [0.1, 0.15) is 41.1 Å². The molecule has 2 aliphatic rings. The van der Waals surface area contributed by atoms with Gasteiger partial charge in [0.15, 0.2) is 11.5 Å². The van der Waals surface area contributed by atoms with Gasteiger partial charge >= 0.3 is 6.01 Å². The Kier molecular flexibility index (Phi) is 7.78. The van der Waals surface area contributed by atoms with E-state index in [0.29, 0.717) is 35.1 Å². The first kappa shape index (κ1) is 27.7. The van der Waals surface area contributed by atoms with Crippen LogP contribution < -0.4 is 20.5 Å². The summed E-state index contributed by atoms with van der Waals surface area (Å²) in [5.74, 6) is 2.61. The van der Waals surface area contributed by atoms with Crippen LogP contribution in [-0.2, 0) is 23.1 Å². The number of anilines is 2. The predicted molar refractivity (Wildman–Crippen MR) is 158 cm³/mol. The molecule has 1 saturated carbocycles. The summed E-state index contributed by atoms with van der Waals surface area (Å²) >= 11 is 12.2. The first-order valence-electron chi connectivity index (χ1n) is 13.2. The summed E-state index contributed by atoms with van der Waals surface area (Å²) in [6.07, 6.45) is 5.88. The quantitative estimate of drug-likeness (QED) is 0.207. The van der Waals surface area contributed by atoms with E-state index < -0.39 is 5.41 Å². The number of nitrogen functional groups attached to an aromatic ring is 1. The molecule has 0 spiro atoms. The number of nitrogens with two attached hydrogens (primary N) is 1. The molecule has 5 aromatic rings. The van der Waals surface area contributed by atoms with E-state index in [9.17, 15) is 4.79 Å². The van der Waals surface area contributed by atoms with E-state index in [0.717, 1.165) is 40.3 Å². The number of amides is 1. The fourth-order valence-corrected chi connectivity index (χ4v) is 5.10. The molecule has 0 atom stereocenters. The largest absolute Gasteiger partial charge is 0.454 e. The van der Waals surface area contributed by atoms with Crippen molar-refractivity contribution in [2.75, 3.05) is 17.8 Å². The van der Waals surface area contributed by atoms with Gasteiger partial charge in [-0.05, 0) is 53.8 Å². The summed E-state index contributed by atoms with van der Waals surface area (Å²) in [6, 6.07) is 21.2. The van der Waals surface area contributed by atoms with Gasteiger partial charge < -0.3 is 24.0 Å². The third kappa shape index (κ3) is 6.07. The van der Waals surface area contributed by atoms with E-state index in [1.165, 1.54) is 0 Å². The lowest BCUT2D eigenvalue weighted by Gasteiger charge is -2.14. The lowest BCUT2D eigenvalue weighted by molar-refractivity contribution is -0.118. The van der Waals surface area contributed by atoms with E-state index in [-0.39, 0.29) is 24.7 Å². The number of carbonyl (C=O) groups excluding carboxylic acids is 1. The normalized spacial score (nSPS) is 14.1. The van der Waals surface area contributed by atoms with Crippen molar-refractivity contribution in [1.82, 2.24) is 9.97 Å². The van der Waals surface area contributed by atoms with Crippen LogP contribution in [0, 0.1) is 0 Å². The maximum absolute atomic E-state index is 12.9. The number of aromatic nitrogens is 2. The zero-order valence-corrected chi connectivity index (χ0v) is 23.8. The zero-order valence-electron chi connectivity index (χ0n) is 22.3. The highest BCUT2D eigenvalue weighted by molar-refractivity contribution is 6.31. The molecular weight excluding hydrogens is 579 g/mol. The molecule has 0 saturated heterocycles. The Labute approximate surface area is 251 Å². The molecule has 42 heavy (non-hydrogen) atoms. The number of carbonyl (C=O) groups is 1. The van der Waals surface area contributed by atoms with Crippen molar-refractivity contribution >= 4 is 41.1 Å². The van der Waals surface area contributed by atoms with Crippen molar-refractivity contribution in [3.63, 3.8) is 0 Å². The van der Waals surface area contributed by atoms with Crippen LogP contribution in [0.2, 0.25) is 10.0 Å². The minimum Gasteiger partial charge on any atom is -0.454 e. The standard InChI is InChI=1S/C21H17ClN2O4.C10H9ClN2O/c22-16-4-2-1-3-13(16)9-15-11-23-20(28-15)24-19(25)21(7-8-21)14-5-6-17-18(10-14)27-12-26-17;11-9-4-2-1-3-7(9)5-8-6-13-10(12)14-8/h1-6,10-11H,7-9,12H2,(H,23,24,25);1-4,6H,5H2,(H2,12,13). The molecule has 7 rings (SSSR count). The number of fused-ring (bicyclic) bond motifs is 1. The van der Waals surface area contributed by atoms with Crippen LogP contribution in [0.25, 0.3) is 0 Å². The molecule has 3 aromatic carbocycles. The van der Waals surface area contributed by atoms with Crippen molar-refractivity contribution in [2.24, 2.45) is 0 Å². The molecule has 3 N–H and O–H groups in total. The summed E-state index contributed by atoms with van der Waals surface area (Å²) < 4.78 is 21.6. The molecule has 1 amide bonds. The van der Waals surface area contributed by atoms with E-state index in [1.54, 1.807) is 12.4 Å². The molecule has 2 aromatic heterocycles. The Balaban J connectivity index is 0.000000189. The Bertz CT molecular complexity index is 1730. The van der Waals surface area contributed by atoms with Crippen LogP contribution in [0.4, 0.5) is 12.0 Å². The van der Waals surface area contributed by atoms with Gasteiger partial charge in [0.1, 0.15) is 11.5 Å². The van der Waals surface area contributed by atoms with Crippen LogP contribution in [-0.4, -0.2) is 22.7 Å². The first-order chi connectivity index (χ1) is 20.4. The molecule has 11 heteroatoms. The van der Waals surface area contributed by atoms with Crippen molar-refractivity contribution in [1.29, 1.82) is 0 Å². The number of nitrogens with one attached hydrogen (secondary N) is 1. The van der Waals surface area contributed by atoms with Crippen LogP contribution in [0.3, 0.4) is 0 Å². The van der Waals surface area contributed by atoms with Gasteiger partial charge in [-0.15, -0.1) is 0 Å². The van der Waals surface area contributed by atoms with Gasteiger partial charge in [-0.1, -0.05) is 65.7 Å². The van der Waals surface area contributed by atoms with Crippen LogP contribution in [0.5, 0.6) is 11.5 Å². The molecule has 3 heterocycles. The van der Waals surface area contributed by atoms with Crippen molar-refractivity contribution in [3.05, 3.63) is 117 Å². The smallest absolute Gasteiger partial charge is 0.301 e. The van der Waals surface area contributed by atoms with E-state index in [2.05, 4.69) is 15.3 Å². The van der Waals surface area contributed by atoms with Gasteiger partial charge in [0.25, 0.3) is 6.01 Å². The number of rotatable bonds is 7. The highest BCUT2D eigenvalue weighted by Gasteiger charge is 2.52. The van der Waals surface area contributed by atoms with Gasteiger partial charge in [-0.2, -0.15) is 0 Å². The van der Waals surface area contributed by atoms with Crippen LogP contribution in [0.15, 0.2) is 88.0 Å². The minimum absolute atomic E-state index is 0.127. The topological polar surface area (TPSA) is 126 Å². The average molecular weight is 605 g/mol. The predicted octanol–water partition coefficient (Wildman–Crippen LogP) is 6.82. The maximum atomic E-state index is 12.9. The van der Waals surface area contributed by atoms with Crippen molar-refractivity contribution in [3.8, 4) is 11.5 Å². The summed E-state index contributed by atoms with van der Waals surface area (Å²) in [7, 11) is 0. The maximum Gasteiger partial charge on any atom is 0.301 e. The molecule has 1 aliphatic heterocycles. The molecule has 1 fully saturated rings. The SMILES string of the molecule is Nc1ncc(Cc2ccccc2Cl)o1.O=C(Nc1ncc(Cc2ccccc2Cl)o1)C1(c2ccc3c(c2)OCO3)CC1. The summed E-state index contributed by atoms with van der Waals surface area (Å²) in [5.41, 5.74) is 7.65. The highest BCUT2D eigenvalue weighted by atomic mass is 35.5. The van der Waals surface area contributed by atoms with Gasteiger partial charge in [-0.25, -0.2) is 9.97 Å². The lowest BCUT2D eigenvalue weighted by Crippen LogP contribution is -2.27. The lowest BCUT2D eigenvalue weighted by atomic mass is 9.94. The molecule has 0 radical (unpaired) electrons. The second-order valence-electron chi connectivity index (χ2n) is 9.94. The molecule has 0 unspecified atom stereocenters. The zero-order chi connectivity index (χ0) is 29.1. The molecule has 0 bridgehead atoms. The van der Waals surface area contributed by atoms with Crippen LogP contribution >= 0.6 is 23.2 Å². The monoisotopic (exact) mass is 604 g/mol.